The number of anilines is 1. The molecule has 5 aromatic rings. The Kier molecular flexibility index (Phi) is 4.52. The highest BCUT2D eigenvalue weighted by Crippen LogP contribution is 2.33. The van der Waals surface area contributed by atoms with Gasteiger partial charge in [-0.15, -0.1) is 0 Å². The molecule has 5 heteroatoms. The van der Waals surface area contributed by atoms with Crippen LogP contribution in [0.25, 0.3) is 33.3 Å². The lowest BCUT2D eigenvalue weighted by molar-refractivity contribution is 0.102. The van der Waals surface area contributed by atoms with Crippen LogP contribution < -0.4 is 5.32 Å². The maximum Gasteiger partial charge on any atom is 0.255 e. The van der Waals surface area contributed by atoms with Gasteiger partial charge in [0.1, 0.15) is 5.52 Å². The van der Waals surface area contributed by atoms with Crippen molar-refractivity contribution in [3.05, 3.63) is 94.1 Å². The van der Waals surface area contributed by atoms with E-state index in [-0.39, 0.29) is 5.91 Å². The lowest BCUT2D eigenvalue weighted by Gasteiger charge is -2.09. The molecule has 140 valence electrons. The average Bonchev–Trinajstić information content (AvgIpc) is 3.19. The normalized spacial score (nSPS) is 11.1. The molecule has 0 atom stereocenters. The second kappa shape index (κ2) is 7.33. The SMILES string of the molecule is O=C(Nc1ccccc1-c1nc2c(ccc3ccccc32)o1)c1ccc(I)cc1. The molecule has 0 bridgehead atoms. The van der Waals surface area contributed by atoms with Crippen molar-refractivity contribution in [2.45, 2.75) is 0 Å². The Morgan fingerprint density at radius 1 is 0.862 bits per heavy atom. The summed E-state index contributed by atoms with van der Waals surface area (Å²) in [5, 5.41) is 5.14. The van der Waals surface area contributed by atoms with Gasteiger partial charge in [0.05, 0.1) is 11.3 Å². The number of nitrogens with zero attached hydrogens (tertiary/aromatic N) is 1. The van der Waals surface area contributed by atoms with Crippen LogP contribution in [-0.4, -0.2) is 10.9 Å². The fourth-order valence-electron chi connectivity index (χ4n) is 3.35. The standard InChI is InChI=1S/C24H15IN2O2/c25-17-12-9-16(10-13-17)23(28)26-20-8-4-3-7-19(20)24-27-22-18-6-2-1-5-15(18)11-14-21(22)29-24/h1-14H,(H,26,28). The van der Waals surface area contributed by atoms with Crippen LogP contribution in [0.5, 0.6) is 0 Å². The van der Waals surface area contributed by atoms with E-state index in [1.807, 2.05) is 78.9 Å². The summed E-state index contributed by atoms with van der Waals surface area (Å²) in [5.41, 5.74) is 3.54. The van der Waals surface area contributed by atoms with E-state index < -0.39 is 0 Å². The Balaban J connectivity index is 1.56. The number of fused-ring (bicyclic) bond motifs is 3. The number of hydrogen-bond donors (Lipinski definition) is 1. The highest BCUT2D eigenvalue weighted by molar-refractivity contribution is 14.1. The third kappa shape index (κ3) is 3.38. The third-order valence-electron chi connectivity index (χ3n) is 4.80. The van der Waals surface area contributed by atoms with Gasteiger partial charge in [-0.25, -0.2) is 4.98 Å². The zero-order valence-corrected chi connectivity index (χ0v) is 17.4. The molecular formula is C24H15IN2O2. The molecule has 4 nitrogen and oxygen atoms in total. The number of amides is 1. The summed E-state index contributed by atoms with van der Waals surface area (Å²) < 4.78 is 7.12. The molecule has 0 spiro atoms. The van der Waals surface area contributed by atoms with Crippen LogP contribution in [0.2, 0.25) is 0 Å². The Labute approximate surface area is 180 Å². The predicted molar refractivity (Wildman–Crippen MR) is 124 cm³/mol. The largest absolute Gasteiger partial charge is 0.436 e. The van der Waals surface area contributed by atoms with Gasteiger partial charge in [-0.05, 0) is 70.4 Å². The molecule has 5 rings (SSSR count). The molecular weight excluding hydrogens is 475 g/mol. The topological polar surface area (TPSA) is 55.1 Å². The predicted octanol–water partition coefficient (Wildman–Crippen LogP) is 6.50. The zero-order valence-electron chi connectivity index (χ0n) is 15.2. The van der Waals surface area contributed by atoms with Gasteiger partial charge in [-0.2, -0.15) is 0 Å². The second-order valence-corrected chi connectivity index (χ2v) is 7.90. The number of oxazole rings is 1. The molecule has 0 aliphatic carbocycles. The molecule has 0 aliphatic rings. The third-order valence-corrected chi connectivity index (χ3v) is 5.51. The Morgan fingerprint density at radius 2 is 1.62 bits per heavy atom. The van der Waals surface area contributed by atoms with Gasteiger partial charge in [0.25, 0.3) is 5.91 Å². The minimum Gasteiger partial charge on any atom is -0.436 e. The Morgan fingerprint density at radius 3 is 2.48 bits per heavy atom. The highest BCUT2D eigenvalue weighted by atomic mass is 127. The number of hydrogen-bond acceptors (Lipinski definition) is 3. The van der Waals surface area contributed by atoms with Gasteiger partial charge in [0.15, 0.2) is 5.58 Å². The quantitative estimate of drug-likeness (QED) is 0.294. The van der Waals surface area contributed by atoms with Gasteiger partial charge in [-0.1, -0.05) is 42.5 Å². The monoisotopic (exact) mass is 490 g/mol. The molecule has 29 heavy (non-hydrogen) atoms. The summed E-state index contributed by atoms with van der Waals surface area (Å²) in [6, 6.07) is 27.0. The summed E-state index contributed by atoms with van der Waals surface area (Å²) in [5.74, 6) is 0.310. The van der Waals surface area contributed by atoms with Crippen molar-refractivity contribution in [3.8, 4) is 11.5 Å². The van der Waals surface area contributed by atoms with Crippen LogP contribution in [0.3, 0.4) is 0 Å². The molecule has 4 aromatic carbocycles. The van der Waals surface area contributed by atoms with E-state index in [0.717, 1.165) is 31.0 Å². The first-order valence-electron chi connectivity index (χ1n) is 9.14. The summed E-state index contributed by atoms with van der Waals surface area (Å²) in [7, 11) is 0. The van der Waals surface area contributed by atoms with Crippen molar-refractivity contribution in [2.24, 2.45) is 0 Å². The van der Waals surface area contributed by atoms with Crippen molar-refractivity contribution >= 4 is 56.1 Å². The van der Waals surface area contributed by atoms with Gasteiger partial charge in [0.2, 0.25) is 5.89 Å². The zero-order chi connectivity index (χ0) is 19.8. The van der Waals surface area contributed by atoms with Crippen molar-refractivity contribution < 1.29 is 9.21 Å². The molecule has 0 radical (unpaired) electrons. The first-order chi connectivity index (χ1) is 14.2. The lowest BCUT2D eigenvalue weighted by atomic mass is 10.1. The van der Waals surface area contributed by atoms with E-state index in [0.29, 0.717) is 17.1 Å². The number of halogens is 1. The summed E-state index contributed by atoms with van der Waals surface area (Å²) in [4.78, 5) is 17.4. The van der Waals surface area contributed by atoms with E-state index in [9.17, 15) is 4.79 Å². The lowest BCUT2D eigenvalue weighted by Crippen LogP contribution is -2.12. The van der Waals surface area contributed by atoms with Gasteiger partial charge >= 0.3 is 0 Å². The van der Waals surface area contributed by atoms with E-state index in [1.165, 1.54) is 0 Å². The van der Waals surface area contributed by atoms with Crippen LogP contribution in [-0.2, 0) is 0 Å². The molecule has 0 saturated carbocycles. The van der Waals surface area contributed by atoms with Crippen LogP contribution >= 0.6 is 22.6 Å². The van der Waals surface area contributed by atoms with Crippen LogP contribution in [0, 0.1) is 3.57 Å². The maximum absolute atomic E-state index is 12.7. The smallest absolute Gasteiger partial charge is 0.255 e. The number of para-hydroxylation sites is 1. The number of rotatable bonds is 3. The number of carbonyl (C=O) groups is 1. The van der Waals surface area contributed by atoms with Crippen LogP contribution in [0.15, 0.2) is 89.3 Å². The number of nitrogens with one attached hydrogen (secondary N) is 1. The van der Waals surface area contributed by atoms with Gasteiger partial charge < -0.3 is 9.73 Å². The molecule has 1 amide bonds. The van der Waals surface area contributed by atoms with Gasteiger partial charge in [0, 0.05) is 14.5 Å². The summed E-state index contributed by atoms with van der Waals surface area (Å²) in [6.07, 6.45) is 0. The molecule has 0 fully saturated rings. The van der Waals surface area contributed by atoms with E-state index >= 15 is 0 Å². The highest BCUT2D eigenvalue weighted by Gasteiger charge is 2.16. The minimum atomic E-state index is -0.171. The van der Waals surface area contributed by atoms with Crippen LogP contribution in [0.1, 0.15) is 10.4 Å². The number of carbonyl (C=O) groups excluding carboxylic acids is 1. The Hall–Kier alpha value is -3.19. The van der Waals surface area contributed by atoms with Crippen molar-refractivity contribution in [1.82, 2.24) is 4.98 Å². The van der Waals surface area contributed by atoms with Gasteiger partial charge in [-0.3, -0.25) is 4.79 Å². The fourth-order valence-corrected chi connectivity index (χ4v) is 3.71. The summed E-state index contributed by atoms with van der Waals surface area (Å²) in [6.45, 7) is 0. The maximum atomic E-state index is 12.7. The summed E-state index contributed by atoms with van der Waals surface area (Å²) >= 11 is 2.22. The van der Waals surface area contributed by atoms with E-state index in [1.54, 1.807) is 0 Å². The molecule has 0 aliphatic heterocycles. The first-order valence-corrected chi connectivity index (χ1v) is 10.2. The fraction of sp³-hybridized carbons (Fsp3) is 0. The Bertz CT molecular complexity index is 1360. The molecule has 0 unspecified atom stereocenters. The first kappa shape index (κ1) is 17.9. The number of aromatic nitrogens is 1. The molecule has 1 aromatic heterocycles. The molecule has 0 saturated heterocycles. The second-order valence-electron chi connectivity index (χ2n) is 6.66. The molecule has 1 N–H and O–H groups in total. The average molecular weight is 490 g/mol. The van der Waals surface area contributed by atoms with Crippen LogP contribution in [0.4, 0.5) is 5.69 Å². The molecule has 1 heterocycles. The minimum absolute atomic E-state index is 0.171. The van der Waals surface area contributed by atoms with Crippen molar-refractivity contribution in [1.29, 1.82) is 0 Å². The van der Waals surface area contributed by atoms with Crippen molar-refractivity contribution in [3.63, 3.8) is 0 Å². The number of benzene rings is 4. The van der Waals surface area contributed by atoms with Crippen molar-refractivity contribution in [2.75, 3.05) is 5.32 Å². The van der Waals surface area contributed by atoms with E-state index in [4.69, 9.17) is 9.40 Å². The van der Waals surface area contributed by atoms with E-state index in [2.05, 4.69) is 34.0 Å².